The highest BCUT2D eigenvalue weighted by Crippen LogP contribution is 2.33. The molecule has 110 valence electrons. The number of nitrogens with one attached hydrogen (secondary N) is 1. The minimum Gasteiger partial charge on any atom is -0.369 e. The topological polar surface area (TPSA) is 58.4 Å². The molecule has 0 spiro atoms. The molecule has 1 aliphatic heterocycles. The molecule has 2 rings (SSSR count). The Morgan fingerprint density at radius 3 is 2.75 bits per heavy atom. The first-order valence-corrected chi connectivity index (χ1v) is 6.92. The molecule has 0 radical (unpaired) electrons. The second-order valence-corrected chi connectivity index (χ2v) is 5.49. The van der Waals surface area contributed by atoms with Gasteiger partial charge in [-0.25, -0.2) is 4.39 Å². The number of nitro groups is 1. The summed E-state index contributed by atoms with van der Waals surface area (Å²) in [4.78, 5) is 12.3. The molecule has 1 fully saturated rings. The molecule has 0 atom stereocenters. The van der Waals surface area contributed by atoms with Gasteiger partial charge in [-0.2, -0.15) is 0 Å². The van der Waals surface area contributed by atoms with Crippen molar-refractivity contribution in [3.63, 3.8) is 0 Å². The lowest BCUT2D eigenvalue weighted by Gasteiger charge is -2.28. The zero-order valence-corrected chi connectivity index (χ0v) is 12.0. The summed E-state index contributed by atoms with van der Waals surface area (Å²) in [5, 5.41) is 14.1. The summed E-state index contributed by atoms with van der Waals surface area (Å²) < 4.78 is 13.6. The molecule has 0 aliphatic carbocycles. The molecule has 0 aromatic heterocycles. The molecule has 1 heterocycles. The van der Waals surface area contributed by atoms with Gasteiger partial charge in [-0.1, -0.05) is 11.6 Å². The molecule has 0 saturated carbocycles. The van der Waals surface area contributed by atoms with E-state index in [-0.39, 0.29) is 16.4 Å². The number of nitro benzene ring substituents is 1. The molecule has 1 aromatic carbocycles. The van der Waals surface area contributed by atoms with Crippen LogP contribution < -0.4 is 10.2 Å². The predicted octanol–water partition coefficient (Wildman–Crippen LogP) is 2.82. The van der Waals surface area contributed by atoms with Gasteiger partial charge in [-0.3, -0.25) is 10.1 Å². The number of piperidine rings is 1. The van der Waals surface area contributed by atoms with Crippen molar-refractivity contribution < 1.29 is 9.31 Å². The van der Waals surface area contributed by atoms with Gasteiger partial charge in [0.25, 0.3) is 5.69 Å². The Hall–Kier alpha value is -1.40. The average molecular weight is 302 g/mol. The minimum absolute atomic E-state index is 0.159. The molecular formula is C13H17ClFN3O2. The van der Waals surface area contributed by atoms with Crippen LogP contribution >= 0.6 is 11.6 Å². The molecule has 1 saturated heterocycles. The zero-order valence-electron chi connectivity index (χ0n) is 11.2. The number of hydrogen-bond acceptors (Lipinski definition) is 4. The summed E-state index contributed by atoms with van der Waals surface area (Å²) in [6.45, 7) is 2.58. The van der Waals surface area contributed by atoms with Gasteiger partial charge in [0, 0.05) is 25.7 Å². The van der Waals surface area contributed by atoms with Crippen molar-refractivity contribution in [2.45, 2.75) is 12.8 Å². The third-order valence-electron chi connectivity index (χ3n) is 3.62. The van der Waals surface area contributed by atoms with Gasteiger partial charge < -0.3 is 10.2 Å². The van der Waals surface area contributed by atoms with E-state index in [2.05, 4.69) is 5.32 Å². The van der Waals surface area contributed by atoms with E-state index in [1.54, 1.807) is 11.9 Å². The second kappa shape index (κ2) is 6.37. The number of benzene rings is 1. The van der Waals surface area contributed by atoms with E-state index in [1.165, 1.54) is 0 Å². The van der Waals surface area contributed by atoms with Crippen LogP contribution in [0.15, 0.2) is 12.1 Å². The Balaban J connectivity index is 2.21. The average Bonchev–Trinajstić information content (AvgIpc) is 2.42. The SMILES string of the molecule is CN(CC1CCNCC1)c1cc(F)c(Cl)cc1[N+](=O)[O-]. The number of rotatable bonds is 4. The van der Waals surface area contributed by atoms with Crippen molar-refractivity contribution >= 4 is 23.0 Å². The summed E-state index contributed by atoms with van der Waals surface area (Å²) in [7, 11) is 1.75. The van der Waals surface area contributed by atoms with Crippen LogP contribution in [0.25, 0.3) is 0 Å². The first kappa shape index (κ1) is 15.0. The zero-order chi connectivity index (χ0) is 14.7. The molecule has 5 nitrogen and oxygen atoms in total. The fourth-order valence-electron chi connectivity index (χ4n) is 2.53. The first-order chi connectivity index (χ1) is 9.49. The molecule has 0 bridgehead atoms. The summed E-state index contributed by atoms with van der Waals surface area (Å²) in [5.41, 5.74) is 0.114. The Morgan fingerprint density at radius 2 is 2.15 bits per heavy atom. The smallest absolute Gasteiger partial charge is 0.294 e. The van der Waals surface area contributed by atoms with Crippen LogP contribution in [0.2, 0.25) is 5.02 Å². The summed E-state index contributed by atoms with van der Waals surface area (Å²) in [6.07, 6.45) is 2.04. The molecule has 0 unspecified atom stereocenters. The second-order valence-electron chi connectivity index (χ2n) is 5.09. The van der Waals surface area contributed by atoms with E-state index in [0.717, 1.165) is 38.1 Å². The highest BCUT2D eigenvalue weighted by molar-refractivity contribution is 6.31. The van der Waals surface area contributed by atoms with Crippen LogP contribution in [0, 0.1) is 21.8 Å². The molecule has 1 aliphatic rings. The normalized spacial score (nSPS) is 16.1. The summed E-state index contributed by atoms with van der Waals surface area (Å²) >= 11 is 5.62. The molecular weight excluding hydrogens is 285 g/mol. The highest BCUT2D eigenvalue weighted by Gasteiger charge is 2.23. The lowest BCUT2D eigenvalue weighted by atomic mass is 9.97. The highest BCUT2D eigenvalue weighted by atomic mass is 35.5. The Bertz CT molecular complexity index is 507. The Labute approximate surface area is 121 Å². The van der Waals surface area contributed by atoms with Crippen LogP contribution in [0.4, 0.5) is 15.8 Å². The number of halogens is 2. The largest absolute Gasteiger partial charge is 0.369 e. The van der Waals surface area contributed by atoms with E-state index in [9.17, 15) is 14.5 Å². The van der Waals surface area contributed by atoms with Crippen molar-refractivity contribution in [1.29, 1.82) is 0 Å². The van der Waals surface area contributed by atoms with Crippen molar-refractivity contribution in [2.24, 2.45) is 5.92 Å². The molecule has 1 aromatic rings. The Morgan fingerprint density at radius 1 is 1.50 bits per heavy atom. The van der Waals surface area contributed by atoms with Crippen molar-refractivity contribution in [2.75, 3.05) is 31.6 Å². The molecule has 1 N–H and O–H groups in total. The standard InChI is InChI=1S/C13H17ClFN3O2/c1-17(8-9-2-4-16-5-3-9)12-7-11(15)10(14)6-13(12)18(19)20/h6-7,9,16H,2-5,8H2,1H3. The third kappa shape index (κ3) is 3.37. The quantitative estimate of drug-likeness (QED) is 0.686. The van der Waals surface area contributed by atoms with Gasteiger partial charge in [-0.05, 0) is 31.8 Å². The number of nitrogens with zero attached hydrogens (tertiary/aromatic N) is 2. The van der Waals surface area contributed by atoms with Crippen LogP contribution in [-0.4, -0.2) is 31.6 Å². The maximum atomic E-state index is 13.6. The van der Waals surface area contributed by atoms with E-state index < -0.39 is 10.7 Å². The summed E-state index contributed by atoms with van der Waals surface area (Å²) in [5.74, 6) is -0.177. The lowest BCUT2D eigenvalue weighted by molar-refractivity contribution is -0.384. The maximum absolute atomic E-state index is 13.6. The first-order valence-electron chi connectivity index (χ1n) is 6.54. The van der Waals surface area contributed by atoms with Crippen LogP contribution in [0.5, 0.6) is 0 Å². The predicted molar refractivity (Wildman–Crippen MR) is 76.9 cm³/mol. The lowest BCUT2D eigenvalue weighted by Crippen LogP contribution is -2.34. The van der Waals surface area contributed by atoms with E-state index in [4.69, 9.17) is 11.6 Å². The third-order valence-corrected chi connectivity index (χ3v) is 3.91. The van der Waals surface area contributed by atoms with Crippen molar-refractivity contribution in [3.8, 4) is 0 Å². The monoisotopic (exact) mass is 301 g/mol. The van der Waals surface area contributed by atoms with Gasteiger partial charge in [0.05, 0.1) is 9.95 Å². The summed E-state index contributed by atoms with van der Waals surface area (Å²) in [6, 6.07) is 2.21. The molecule has 7 heteroatoms. The number of hydrogen-bond donors (Lipinski definition) is 1. The van der Waals surface area contributed by atoms with Crippen molar-refractivity contribution in [3.05, 3.63) is 33.1 Å². The van der Waals surface area contributed by atoms with Gasteiger partial charge in [0.15, 0.2) is 0 Å². The van der Waals surface area contributed by atoms with Crippen LogP contribution in [0.3, 0.4) is 0 Å². The molecule has 20 heavy (non-hydrogen) atoms. The molecule has 0 amide bonds. The van der Waals surface area contributed by atoms with Gasteiger partial charge in [0.2, 0.25) is 0 Å². The van der Waals surface area contributed by atoms with Crippen LogP contribution in [0.1, 0.15) is 12.8 Å². The van der Waals surface area contributed by atoms with Gasteiger partial charge in [0.1, 0.15) is 11.5 Å². The van der Waals surface area contributed by atoms with Gasteiger partial charge in [-0.15, -0.1) is 0 Å². The number of anilines is 1. The maximum Gasteiger partial charge on any atom is 0.294 e. The van der Waals surface area contributed by atoms with E-state index in [0.29, 0.717) is 12.5 Å². The van der Waals surface area contributed by atoms with Crippen LogP contribution in [-0.2, 0) is 0 Å². The van der Waals surface area contributed by atoms with E-state index in [1.807, 2.05) is 0 Å². The fraction of sp³-hybridized carbons (Fsp3) is 0.538. The van der Waals surface area contributed by atoms with Gasteiger partial charge >= 0.3 is 0 Å². The fourth-order valence-corrected chi connectivity index (χ4v) is 2.69. The van der Waals surface area contributed by atoms with Crippen molar-refractivity contribution in [1.82, 2.24) is 5.32 Å². The van der Waals surface area contributed by atoms with E-state index >= 15 is 0 Å². The minimum atomic E-state index is -0.635. The Kier molecular flexibility index (Phi) is 4.77.